The van der Waals surface area contributed by atoms with Crippen LogP contribution < -0.4 is 16.3 Å². The largest absolute Gasteiger partial charge is 0.423 e. The molecule has 2 heteroatoms. The summed E-state index contributed by atoms with van der Waals surface area (Å²) in [4.78, 5) is 11.3. The number of hydrogen-bond acceptors (Lipinski definition) is 2. The van der Waals surface area contributed by atoms with Crippen LogP contribution in [0, 0.1) is 6.92 Å². The van der Waals surface area contributed by atoms with E-state index >= 15 is 0 Å². The van der Waals surface area contributed by atoms with E-state index in [-0.39, 0.29) is 5.63 Å². The molecule has 0 fully saturated rings. The van der Waals surface area contributed by atoms with Gasteiger partial charge in [-0.25, -0.2) is 4.79 Å². The molecular weight excluding hydrogens is 188 g/mol. The molecule has 78 valence electrons. The van der Waals surface area contributed by atoms with Crippen molar-refractivity contribution in [1.82, 2.24) is 0 Å². The Morgan fingerprint density at radius 3 is 2.73 bits per heavy atom. The first-order valence-electron chi connectivity index (χ1n) is 4.75. The maximum absolute atomic E-state index is 11.3. The Hall–Kier alpha value is -1.83. The summed E-state index contributed by atoms with van der Waals surface area (Å²) in [6.45, 7) is 7.24. The lowest BCUT2D eigenvalue weighted by atomic mass is 10.2. The Kier molecular flexibility index (Phi) is 3.86. The van der Waals surface area contributed by atoms with Crippen LogP contribution in [0.15, 0.2) is 40.1 Å². The third-order valence-electron chi connectivity index (χ3n) is 1.92. The molecular formula is C13H14O2. The fraction of sp³-hybridized carbons (Fsp3) is 0.154. The van der Waals surface area contributed by atoms with Crippen LogP contribution in [0.1, 0.15) is 12.5 Å². The molecule has 0 aromatic carbocycles. The second kappa shape index (κ2) is 5.15. The van der Waals surface area contributed by atoms with Gasteiger partial charge in [0.1, 0.15) is 5.42 Å². The summed E-state index contributed by atoms with van der Waals surface area (Å²) in [5.41, 5.74) is 0.839. The molecule has 0 spiro atoms. The van der Waals surface area contributed by atoms with Gasteiger partial charge < -0.3 is 4.42 Å². The maximum atomic E-state index is 11.3. The van der Waals surface area contributed by atoms with Crippen LogP contribution in [0.25, 0.3) is 12.2 Å². The monoisotopic (exact) mass is 202 g/mol. The molecule has 0 amide bonds. The van der Waals surface area contributed by atoms with Crippen molar-refractivity contribution in [2.45, 2.75) is 13.8 Å². The Bertz CT molecular complexity index is 545. The van der Waals surface area contributed by atoms with Gasteiger partial charge >= 0.3 is 5.63 Å². The minimum atomic E-state index is -0.305. The predicted molar refractivity (Wildman–Crippen MR) is 62.9 cm³/mol. The van der Waals surface area contributed by atoms with Crippen molar-refractivity contribution in [3.05, 3.63) is 57.5 Å². The number of allylic oxidation sites excluding steroid dienone is 3. The molecule has 0 atom stereocenters. The van der Waals surface area contributed by atoms with Gasteiger partial charge in [-0.2, -0.15) is 0 Å². The second-order valence-corrected chi connectivity index (χ2v) is 3.13. The summed E-state index contributed by atoms with van der Waals surface area (Å²) in [7, 11) is 0. The van der Waals surface area contributed by atoms with E-state index in [0.29, 0.717) is 11.0 Å². The molecule has 0 aliphatic heterocycles. The third kappa shape index (κ3) is 2.81. The summed E-state index contributed by atoms with van der Waals surface area (Å²) >= 11 is 0. The standard InChI is InChI=1S/C13H14O2/c1-4-6-8-11-9-10(3)13(14)15-12(11)7-5-2/h4-9H,2H2,1,3H3/b6-4-,11-8-,12-7+. The molecule has 1 heterocycles. The van der Waals surface area contributed by atoms with Crippen LogP contribution >= 0.6 is 0 Å². The Morgan fingerprint density at radius 2 is 2.13 bits per heavy atom. The first-order chi connectivity index (χ1) is 7.19. The zero-order chi connectivity index (χ0) is 11.3. The van der Waals surface area contributed by atoms with E-state index in [9.17, 15) is 4.79 Å². The second-order valence-electron chi connectivity index (χ2n) is 3.13. The minimum Gasteiger partial charge on any atom is -0.423 e. The zero-order valence-electron chi connectivity index (χ0n) is 8.99. The minimum absolute atomic E-state index is 0.305. The normalized spacial score (nSPS) is 13.7. The van der Waals surface area contributed by atoms with Gasteiger partial charge in [0.25, 0.3) is 0 Å². The molecule has 1 aromatic heterocycles. The topological polar surface area (TPSA) is 30.2 Å². The smallest absolute Gasteiger partial charge is 0.339 e. The molecule has 2 nitrogen and oxygen atoms in total. The van der Waals surface area contributed by atoms with Crippen LogP contribution in [0.5, 0.6) is 0 Å². The molecule has 0 saturated heterocycles. The van der Waals surface area contributed by atoms with Gasteiger partial charge in [-0.1, -0.05) is 30.9 Å². The maximum Gasteiger partial charge on any atom is 0.339 e. The van der Waals surface area contributed by atoms with E-state index in [4.69, 9.17) is 4.42 Å². The van der Waals surface area contributed by atoms with E-state index in [1.54, 1.807) is 25.1 Å². The molecule has 1 aromatic rings. The lowest BCUT2D eigenvalue weighted by molar-refractivity contribution is 0.469. The van der Waals surface area contributed by atoms with Crippen molar-refractivity contribution in [3.8, 4) is 0 Å². The average molecular weight is 202 g/mol. The number of aryl methyl sites for hydroxylation is 1. The van der Waals surface area contributed by atoms with Crippen molar-refractivity contribution < 1.29 is 4.42 Å². The van der Waals surface area contributed by atoms with Crippen molar-refractivity contribution >= 4 is 12.2 Å². The molecule has 0 N–H and O–H groups in total. The summed E-state index contributed by atoms with van der Waals surface area (Å²) in [5, 5.41) is 0.880. The Balaban J connectivity index is 3.63. The number of rotatable bonds is 2. The first-order valence-corrected chi connectivity index (χ1v) is 4.75. The summed E-state index contributed by atoms with van der Waals surface area (Å²) in [6, 6.07) is 1.81. The van der Waals surface area contributed by atoms with Gasteiger partial charge in [-0.05, 0) is 26.0 Å². The molecule has 15 heavy (non-hydrogen) atoms. The van der Waals surface area contributed by atoms with E-state index in [1.807, 2.05) is 25.2 Å². The van der Waals surface area contributed by atoms with Crippen molar-refractivity contribution in [2.75, 3.05) is 0 Å². The molecule has 0 aliphatic carbocycles. The fourth-order valence-electron chi connectivity index (χ4n) is 1.17. The van der Waals surface area contributed by atoms with Crippen LogP contribution in [0.2, 0.25) is 0 Å². The van der Waals surface area contributed by atoms with Crippen LogP contribution in [-0.2, 0) is 0 Å². The third-order valence-corrected chi connectivity index (χ3v) is 1.92. The fourth-order valence-corrected chi connectivity index (χ4v) is 1.17. The van der Waals surface area contributed by atoms with Gasteiger partial charge in [0, 0.05) is 10.8 Å². The highest BCUT2D eigenvalue weighted by atomic mass is 16.4. The summed E-state index contributed by atoms with van der Waals surface area (Å²) < 4.78 is 5.13. The highest BCUT2D eigenvalue weighted by Crippen LogP contribution is 1.79. The van der Waals surface area contributed by atoms with Gasteiger partial charge in [0.05, 0.1) is 0 Å². The SMILES string of the molecule is C=C/C=c1/oc(=O)c(C)c/c1=C/C=C\C. The van der Waals surface area contributed by atoms with Crippen LogP contribution in [0.3, 0.4) is 0 Å². The van der Waals surface area contributed by atoms with E-state index in [0.717, 1.165) is 5.22 Å². The van der Waals surface area contributed by atoms with Crippen LogP contribution in [-0.4, -0.2) is 0 Å². The number of hydrogen-bond donors (Lipinski definition) is 0. The average Bonchev–Trinajstić information content (AvgIpc) is 2.21. The molecule has 0 bridgehead atoms. The van der Waals surface area contributed by atoms with Gasteiger partial charge in [0.2, 0.25) is 0 Å². The molecule has 0 saturated carbocycles. The summed E-state index contributed by atoms with van der Waals surface area (Å²) in [5.74, 6) is 0. The lowest BCUT2D eigenvalue weighted by Crippen LogP contribution is -2.29. The molecule has 0 aliphatic rings. The van der Waals surface area contributed by atoms with E-state index < -0.39 is 0 Å². The Morgan fingerprint density at radius 1 is 1.40 bits per heavy atom. The highest BCUT2D eigenvalue weighted by molar-refractivity contribution is 5.40. The molecule has 0 unspecified atom stereocenters. The first kappa shape index (κ1) is 11.2. The van der Waals surface area contributed by atoms with E-state index in [2.05, 4.69) is 6.58 Å². The van der Waals surface area contributed by atoms with E-state index in [1.165, 1.54) is 0 Å². The molecule has 0 radical (unpaired) electrons. The van der Waals surface area contributed by atoms with Crippen molar-refractivity contribution in [2.24, 2.45) is 0 Å². The summed E-state index contributed by atoms with van der Waals surface area (Å²) in [6.07, 6.45) is 8.98. The van der Waals surface area contributed by atoms with Crippen molar-refractivity contribution in [1.29, 1.82) is 0 Å². The lowest BCUT2D eigenvalue weighted by Gasteiger charge is -1.91. The van der Waals surface area contributed by atoms with Gasteiger partial charge in [-0.15, -0.1) is 0 Å². The molecule has 1 rings (SSSR count). The van der Waals surface area contributed by atoms with Crippen molar-refractivity contribution in [3.63, 3.8) is 0 Å². The predicted octanol–water partition coefficient (Wildman–Crippen LogP) is 1.27. The Labute approximate surface area is 88.6 Å². The van der Waals surface area contributed by atoms with Gasteiger partial charge in [0.15, 0.2) is 0 Å². The highest BCUT2D eigenvalue weighted by Gasteiger charge is 1.95. The van der Waals surface area contributed by atoms with Gasteiger partial charge in [-0.3, -0.25) is 0 Å². The zero-order valence-corrected chi connectivity index (χ0v) is 8.99. The van der Waals surface area contributed by atoms with Crippen LogP contribution in [0.4, 0.5) is 0 Å². The quantitative estimate of drug-likeness (QED) is 0.723.